The fourth-order valence-corrected chi connectivity index (χ4v) is 7.64. The first-order chi connectivity index (χ1) is 14.4. The van der Waals surface area contributed by atoms with Crippen LogP contribution in [0.5, 0.6) is 5.75 Å². The number of phenols is 1. The van der Waals surface area contributed by atoms with Crippen molar-refractivity contribution in [2.45, 2.75) is 70.1 Å². The zero-order valence-corrected chi connectivity index (χ0v) is 18.0. The molecule has 0 bridgehead atoms. The van der Waals surface area contributed by atoms with Crippen LogP contribution in [0.3, 0.4) is 0 Å². The van der Waals surface area contributed by atoms with Crippen LogP contribution in [0, 0.1) is 23.2 Å². The number of benzene rings is 2. The number of aliphatic hydroxyl groups excluding tert-OH is 1. The molecule has 2 fully saturated rings. The minimum Gasteiger partial charge on any atom is -0.508 e. The second kappa shape index (κ2) is 7.37. The predicted octanol–water partition coefficient (Wildman–Crippen LogP) is 5.98. The van der Waals surface area contributed by atoms with Gasteiger partial charge in [0.05, 0.1) is 6.10 Å². The van der Waals surface area contributed by atoms with Gasteiger partial charge in [-0.3, -0.25) is 0 Å². The van der Waals surface area contributed by atoms with E-state index in [0.29, 0.717) is 12.3 Å². The maximum atomic E-state index is 16.0. The van der Waals surface area contributed by atoms with Gasteiger partial charge in [0.2, 0.25) is 0 Å². The van der Waals surface area contributed by atoms with Crippen LogP contribution >= 0.6 is 0 Å². The van der Waals surface area contributed by atoms with Gasteiger partial charge >= 0.3 is 0 Å². The number of hydrogen-bond donors (Lipinski definition) is 2. The van der Waals surface area contributed by atoms with E-state index < -0.39 is 6.17 Å². The van der Waals surface area contributed by atoms with Gasteiger partial charge in [-0.15, -0.1) is 0 Å². The van der Waals surface area contributed by atoms with Crippen molar-refractivity contribution in [3.63, 3.8) is 0 Å². The molecule has 3 aliphatic rings. The quantitative estimate of drug-likeness (QED) is 0.656. The molecule has 0 heterocycles. The van der Waals surface area contributed by atoms with Crippen molar-refractivity contribution >= 4 is 0 Å². The molecule has 2 saturated carbocycles. The topological polar surface area (TPSA) is 40.5 Å². The maximum Gasteiger partial charge on any atom is 0.115 e. The Labute approximate surface area is 179 Å². The molecule has 0 aliphatic heterocycles. The Bertz CT molecular complexity index is 912. The SMILES string of the molecule is CCC[C@H]1[C@H]2[C@H]3[C@@H](c4ccc(O)cc4C[C@H]3c3ccccc3)[C@@H](F)C[C@]2(C)C[C@@H]1O. The molecule has 0 amide bonds. The van der Waals surface area contributed by atoms with Gasteiger partial charge in [0.25, 0.3) is 0 Å². The summed E-state index contributed by atoms with van der Waals surface area (Å²) in [7, 11) is 0. The van der Waals surface area contributed by atoms with Crippen LogP contribution in [0.4, 0.5) is 4.39 Å². The van der Waals surface area contributed by atoms with Crippen molar-refractivity contribution in [1.82, 2.24) is 0 Å². The maximum absolute atomic E-state index is 16.0. The van der Waals surface area contributed by atoms with E-state index in [4.69, 9.17) is 0 Å². The Kier molecular flexibility index (Phi) is 4.93. The molecule has 30 heavy (non-hydrogen) atoms. The molecule has 3 heteroatoms. The number of alkyl halides is 1. The number of aliphatic hydroxyl groups is 1. The Morgan fingerprint density at radius 3 is 2.60 bits per heavy atom. The summed E-state index contributed by atoms with van der Waals surface area (Å²) in [6.45, 7) is 4.42. The average Bonchev–Trinajstić information content (AvgIpc) is 2.97. The second-order valence-corrected chi connectivity index (χ2v) is 10.3. The molecule has 0 radical (unpaired) electrons. The first kappa shape index (κ1) is 20.1. The van der Waals surface area contributed by atoms with E-state index in [0.717, 1.165) is 36.8 Å². The van der Waals surface area contributed by atoms with E-state index in [9.17, 15) is 10.2 Å². The highest BCUT2D eigenvalue weighted by atomic mass is 19.1. The fourth-order valence-electron chi connectivity index (χ4n) is 7.64. The highest BCUT2D eigenvalue weighted by Gasteiger charge is 2.62. The fraction of sp³-hybridized carbons (Fsp3) is 0.556. The summed E-state index contributed by atoms with van der Waals surface area (Å²) >= 11 is 0. The lowest BCUT2D eigenvalue weighted by atomic mass is 9.50. The molecule has 2 N–H and O–H groups in total. The van der Waals surface area contributed by atoms with Gasteiger partial charge in [0.15, 0.2) is 0 Å². The van der Waals surface area contributed by atoms with E-state index in [1.807, 2.05) is 18.2 Å². The summed E-state index contributed by atoms with van der Waals surface area (Å²) in [5, 5.41) is 21.1. The van der Waals surface area contributed by atoms with Gasteiger partial charge in [-0.25, -0.2) is 4.39 Å². The largest absolute Gasteiger partial charge is 0.508 e. The highest BCUT2D eigenvalue weighted by molar-refractivity contribution is 5.44. The minimum atomic E-state index is -0.918. The normalized spacial score (nSPS) is 39.8. The summed E-state index contributed by atoms with van der Waals surface area (Å²) in [6, 6.07) is 16.0. The van der Waals surface area contributed by atoms with E-state index >= 15 is 4.39 Å². The Hall–Kier alpha value is -1.87. The monoisotopic (exact) mass is 408 g/mol. The summed E-state index contributed by atoms with van der Waals surface area (Å²) in [5.41, 5.74) is 3.27. The lowest BCUT2D eigenvalue weighted by Gasteiger charge is -2.55. The van der Waals surface area contributed by atoms with Gasteiger partial charge < -0.3 is 10.2 Å². The van der Waals surface area contributed by atoms with Crippen LogP contribution in [0.2, 0.25) is 0 Å². The van der Waals surface area contributed by atoms with Crippen LogP contribution in [0.1, 0.15) is 68.1 Å². The molecule has 160 valence electrons. The molecule has 2 nitrogen and oxygen atoms in total. The van der Waals surface area contributed by atoms with E-state index in [2.05, 4.69) is 38.1 Å². The molecule has 0 unspecified atom stereocenters. The summed E-state index contributed by atoms with van der Waals surface area (Å²) in [5.74, 6) is 1.03. The molecular weight excluding hydrogens is 375 g/mol. The molecule has 2 aromatic carbocycles. The number of hydrogen-bond acceptors (Lipinski definition) is 2. The molecule has 0 aromatic heterocycles. The van der Waals surface area contributed by atoms with Crippen LogP contribution < -0.4 is 0 Å². The number of aromatic hydroxyl groups is 1. The van der Waals surface area contributed by atoms with Gasteiger partial charge in [0, 0.05) is 5.92 Å². The number of fused-ring (bicyclic) bond motifs is 5. The zero-order chi connectivity index (χ0) is 21.0. The number of phenolic OH excluding ortho intramolecular Hbond substituents is 1. The lowest BCUT2D eigenvalue weighted by molar-refractivity contribution is -0.0285. The average molecular weight is 409 g/mol. The van der Waals surface area contributed by atoms with Crippen molar-refractivity contribution in [2.75, 3.05) is 0 Å². The Morgan fingerprint density at radius 1 is 1.10 bits per heavy atom. The van der Waals surface area contributed by atoms with Crippen LogP contribution in [-0.4, -0.2) is 22.5 Å². The highest BCUT2D eigenvalue weighted by Crippen LogP contribution is 2.66. The van der Waals surface area contributed by atoms with Crippen molar-refractivity contribution in [2.24, 2.45) is 23.2 Å². The third kappa shape index (κ3) is 3.00. The molecule has 0 saturated heterocycles. The molecule has 2 aromatic rings. The number of halogens is 1. The van der Waals surface area contributed by atoms with Gasteiger partial charge in [-0.05, 0) is 83.6 Å². The third-order valence-electron chi connectivity index (χ3n) is 8.56. The second-order valence-electron chi connectivity index (χ2n) is 10.3. The van der Waals surface area contributed by atoms with E-state index in [1.54, 1.807) is 6.07 Å². The van der Waals surface area contributed by atoms with E-state index in [1.165, 1.54) is 5.56 Å². The molecular formula is C27H33FO2. The Morgan fingerprint density at radius 2 is 1.87 bits per heavy atom. The van der Waals surface area contributed by atoms with Crippen molar-refractivity contribution < 1.29 is 14.6 Å². The summed E-state index contributed by atoms with van der Waals surface area (Å²) < 4.78 is 16.0. The lowest BCUT2D eigenvalue weighted by Crippen LogP contribution is -2.50. The molecule has 5 rings (SSSR count). The molecule has 3 aliphatic carbocycles. The van der Waals surface area contributed by atoms with Crippen molar-refractivity contribution in [1.29, 1.82) is 0 Å². The smallest absolute Gasteiger partial charge is 0.115 e. The number of rotatable bonds is 3. The van der Waals surface area contributed by atoms with Crippen LogP contribution in [0.25, 0.3) is 0 Å². The van der Waals surface area contributed by atoms with E-state index in [-0.39, 0.29) is 40.9 Å². The predicted molar refractivity (Wildman–Crippen MR) is 117 cm³/mol. The minimum absolute atomic E-state index is 0.151. The summed E-state index contributed by atoms with van der Waals surface area (Å²) in [6.07, 6.45) is 2.87. The first-order valence-corrected chi connectivity index (χ1v) is 11.6. The van der Waals surface area contributed by atoms with Crippen LogP contribution in [0.15, 0.2) is 48.5 Å². The first-order valence-electron chi connectivity index (χ1n) is 11.6. The standard InChI is InChI=1S/C27H33FO2/c1-3-7-20-23(30)15-27(2)14-22(28)24-19-11-10-18(29)12-17(19)13-21(25(24)26(20)27)16-8-5-4-6-9-16/h4-6,8-12,20-26,29-30H,3,7,13-15H2,1-2H3/t20-,21+,22+,23+,24+,25-,26+,27-/m1/s1. The van der Waals surface area contributed by atoms with Gasteiger partial charge in [0.1, 0.15) is 11.9 Å². The molecule has 0 spiro atoms. The summed E-state index contributed by atoms with van der Waals surface area (Å²) in [4.78, 5) is 0. The van der Waals surface area contributed by atoms with Crippen LogP contribution in [-0.2, 0) is 6.42 Å². The Balaban J connectivity index is 1.69. The van der Waals surface area contributed by atoms with Crippen molar-refractivity contribution in [3.05, 3.63) is 65.2 Å². The molecule has 8 atom stereocenters. The van der Waals surface area contributed by atoms with Gasteiger partial charge in [-0.2, -0.15) is 0 Å². The third-order valence-corrected chi connectivity index (χ3v) is 8.56. The van der Waals surface area contributed by atoms with Gasteiger partial charge in [-0.1, -0.05) is 56.7 Å². The van der Waals surface area contributed by atoms with Crippen molar-refractivity contribution in [3.8, 4) is 5.75 Å². The zero-order valence-electron chi connectivity index (χ0n) is 18.0.